The number of carbonyl (C=O) groups excluding carboxylic acids is 1. The lowest BCUT2D eigenvalue weighted by Gasteiger charge is -2.05. The number of pyridine rings is 1. The second-order valence-corrected chi connectivity index (χ2v) is 3.22. The number of nitrogens with two attached hydrogens (primary N) is 1. The Labute approximate surface area is 92.6 Å². The Hall–Kier alpha value is -1.33. The lowest BCUT2D eigenvalue weighted by molar-refractivity contribution is 0.157. The lowest BCUT2D eigenvalue weighted by Crippen LogP contribution is -2.23. The highest BCUT2D eigenvalue weighted by Crippen LogP contribution is 2.12. The van der Waals surface area contributed by atoms with Crippen LogP contribution in [-0.2, 0) is 11.3 Å². The highest BCUT2D eigenvalue weighted by molar-refractivity contribution is 6.31. The first-order chi connectivity index (χ1) is 7.20. The summed E-state index contributed by atoms with van der Waals surface area (Å²) in [5.41, 5.74) is 5.74. The van der Waals surface area contributed by atoms with Crippen LogP contribution in [0.15, 0.2) is 18.5 Å². The quantitative estimate of drug-likeness (QED) is 0.736. The largest absolute Gasteiger partial charge is 0.448 e. The Morgan fingerprint density at radius 2 is 2.47 bits per heavy atom. The van der Waals surface area contributed by atoms with Gasteiger partial charge in [0.25, 0.3) is 0 Å². The van der Waals surface area contributed by atoms with Gasteiger partial charge in [-0.2, -0.15) is 0 Å². The molecule has 0 aliphatic carbocycles. The van der Waals surface area contributed by atoms with Crippen molar-refractivity contribution >= 4 is 17.7 Å². The molecule has 0 aromatic carbocycles. The minimum atomic E-state index is -0.765. The zero-order valence-corrected chi connectivity index (χ0v) is 8.83. The van der Waals surface area contributed by atoms with Gasteiger partial charge >= 0.3 is 6.09 Å². The third kappa shape index (κ3) is 4.62. The minimum absolute atomic E-state index is 0.248. The maximum Gasteiger partial charge on any atom is 0.404 e. The first-order valence-electron chi connectivity index (χ1n) is 4.41. The molecule has 15 heavy (non-hydrogen) atoms. The summed E-state index contributed by atoms with van der Waals surface area (Å²) in [7, 11) is 0. The average Bonchev–Trinajstić information content (AvgIpc) is 2.20. The molecule has 0 bridgehead atoms. The summed E-state index contributed by atoms with van der Waals surface area (Å²) in [5, 5.41) is 3.66. The topological polar surface area (TPSA) is 77.2 Å². The molecule has 1 heterocycles. The number of nitrogens with zero attached hydrogens (tertiary/aromatic N) is 1. The zero-order valence-electron chi connectivity index (χ0n) is 8.07. The van der Waals surface area contributed by atoms with Crippen molar-refractivity contribution in [1.82, 2.24) is 10.3 Å². The molecule has 0 spiro atoms. The predicted octanol–water partition coefficient (Wildman–Crippen LogP) is 0.920. The number of aromatic nitrogens is 1. The molecule has 5 nitrogen and oxygen atoms in total. The van der Waals surface area contributed by atoms with Crippen molar-refractivity contribution in [3.8, 4) is 0 Å². The molecule has 0 aliphatic rings. The molecular formula is C9H12ClN3O2. The second-order valence-electron chi connectivity index (χ2n) is 2.81. The number of amides is 1. The van der Waals surface area contributed by atoms with Crippen LogP contribution in [0.5, 0.6) is 0 Å². The fourth-order valence-corrected chi connectivity index (χ4v) is 1.18. The second kappa shape index (κ2) is 6.21. The molecule has 82 valence electrons. The van der Waals surface area contributed by atoms with Gasteiger partial charge in [0.05, 0.1) is 5.02 Å². The van der Waals surface area contributed by atoms with Crippen LogP contribution in [0.3, 0.4) is 0 Å². The standard InChI is InChI=1S/C9H12ClN3O2/c10-8-6-12-2-1-7(8)5-13-3-4-15-9(11)14/h1-2,6,13H,3-5H2,(H2,11,14). The van der Waals surface area contributed by atoms with Crippen molar-refractivity contribution in [3.63, 3.8) is 0 Å². The van der Waals surface area contributed by atoms with Gasteiger partial charge in [0.1, 0.15) is 6.61 Å². The summed E-state index contributed by atoms with van der Waals surface area (Å²) in [6.45, 7) is 1.38. The maximum absolute atomic E-state index is 10.2. The molecule has 1 rings (SSSR count). The third-order valence-electron chi connectivity index (χ3n) is 1.70. The van der Waals surface area contributed by atoms with Gasteiger partial charge in [0, 0.05) is 25.5 Å². The lowest BCUT2D eigenvalue weighted by atomic mass is 10.3. The van der Waals surface area contributed by atoms with E-state index < -0.39 is 6.09 Å². The number of rotatable bonds is 5. The fourth-order valence-electron chi connectivity index (χ4n) is 0.994. The number of nitrogens with one attached hydrogen (secondary N) is 1. The van der Waals surface area contributed by atoms with Crippen molar-refractivity contribution in [2.45, 2.75) is 6.54 Å². The Balaban J connectivity index is 2.21. The number of primary amides is 1. The van der Waals surface area contributed by atoms with Crippen LogP contribution in [0.2, 0.25) is 5.02 Å². The SMILES string of the molecule is NC(=O)OCCNCc1ccncc1Cl. The molecule has 6 heteroatoms. The normalized spacial score (nSPS) is 9.93. The number of carbonyl (C=O) groups is 1. The summed E-state index contributed by atoms with van der Waals surface area (Å²) >= 11 is 5.88. The average molecular weight is 230 g/mol. The summed E-state index contributed by atoms with van der Waals surface area (Å²) in [4.78, 5) is 14.1. The summed E-state index contributed by atoms with van der Waals surface area (Å²) < 4.78 is 4.54. The van der Waals surface area contributed by atoms with Gasteiger partial charge in [-0.15, -0.1) is 0 Å². The van der Waals surface area contributed by atoms with Crippen molar-refractivity contribution in [2.75, 3.05) is 13.2 Å². The van der Waals surface area contributed by atoms with E-state index >= 15 is 0 Å². The number of halogens is 1. The van der Waals surface area contributed by atoms with E-state index in [0.29, 0.717) is 18.1 Å². The summed E-state index contributed by atoms with van der Waals surface area (Å²) in [6.07, 6.45) is 2.49. The Morgan fingerprint density at radius 3 is 3.13 bits per heavy atom. The third-order valence-corrected chi connectivity index (χ3v) is 2.04. The van der Waals surface area contributed by atoms with E-state index in [4.69, 9.17) is 17.3 Å². The van der Waals surface area contributed by atoms with Gasteiger partial charge in [-0.1, -0.05) is 11.6 Å². The Kier molecular flexibility index (Phi) is 4.86. The molecule has 1 aromatic heterocycles. The molecule has 0 fully saturated rings. The highest BCUT2D eigenvalue weighted by atomic mass is 35.5. The highest BCUT2D eigenvalue weighted by Gasteiger charge is 1.98. The van der Waals surface area contributed by atoms with E-state index in [2.05, 4.69) is 15.0 Å². The molecule has 1 amide bonds. The molecule has 0 unspecified atom stereocenters. The molecule has 0 saturated carbocycles. The maximum atomic E-state index is 10.2. The van der Waals surface area contributed by atoms with Crippen LogP contribution in [-0.4, -0.2) is 24.2 Å². The smallest absolute Gasteiger partial charge is 0.404 e. The number of hydrogen-bond acceptors (Lipinski definition) is 4. The molecule has 0 aliphatic heterocycles. The zero-order chi connectivity index (χ0) is 11.1. The predicted molar refractivity (Wildman–Crippen MR) is 56.5 cm³/mol. The van der Waals surface area contributed by atoms with E-state index in [0.717, 1.165) is 5.56 Å². The monoisotopic (exact) mass is 229 g/mol. The molecule has 0 atom stereocenters. The fraction of sp³-hybridized carbons (Fsp3) is 0.333. The van der Waals surface area contributed by atoms with Gasteiger partial charge in [0.15, 0.2) is 0 Å². The van der Waals surface area contributed by atoms with Crippen molar-refractivity contribution < 1.29 is 9.53 Å². The molecule has 0 radical (unpaired) electrons. The first kappa shape index (κ1) is 11.7. The molecule has 1 aromatic rings. The van der Waals surface area contributed by atoms with Crippen molar-refractivity contribution in [2.24, 2.45) is 5.73 Å². The van der Waals surface area contributed by atoms with Gasteiger partial charge in [-0.3, -0.25) is 4.98 Å². The van der Waals surface area contributed by atoms with Gasteiger partial charge in [0.2, 0.25) is 0 Å². The molecular weight excluding hydrogens is 218 g/mol. The van der Waals surface area contributed by atoms with Crippen LogP contribution in [0.25, 0.3) is 0 Å². The van der Waals surface area contributed by atoms with E-state index in [1.807, 2.05) is 6.07 Å². The van der Waals surface area contributed by atoms with Crippen molar-refractivity contribution in [1.29, 1.82) is 0 Å². The number of hydrogen-bond donors (Lipinski definition) is 2. The van der Waals surface area contributed by atoms with E-state index in [-0.39, 0.29) is 6.61 Å². The van der Waals surface area contributed by atoms with Crippen LogP contribution in [0.1, 0.15) is 5.56 Å². The number of ether oxygens (including phenoxy) is 1. The van der Waals surface area contributed by atoms with Crippen LogP contribution >= 0.6 is 11.6 Å². The minimum Gasteiger partial charge on any atom is -0.448 e. The molecule has 3 N–H and O–H groups in total. The van der Waals surface area contributed by atoms with Crippen LogP contribution in [0.4, 0.5) is 4.79 Å². The first-order valence-corrected chi connectivity index (χ1v) is 4.79. The molecule has 0 saturated heterocycles. The van der Waals surface area contributed by atoms with Gasteiger partial charge < -0.3 is 15.8 Å². The van der Waals surface area contributed by atoms with Gasteiger partial charge in [-0.25, -0.2) is 4.79 Å². The Bertz CT molecular complexity index is 333. The summed E-state index contributed by atoms with van der Waals surface area (Å²) in [5.74, 6) is 0. The van der Waals surface area contributed by atoms with E-state index in [1.165, 1.54) is 0 Å². The Morgan fingerprint density at radius 1 is 1.67 bits per heavy atom. The van der Waals surface area contributed by atoms with E-state index in [9.17, 15) is 4.79 Å². The van der Waals surface area contributed by atoms with Gasteiger partial charge in [-0.05, 0) is 11.6 Å². The van der Waals surface area contributed by atoms with Crippen LogP contribution in [0, 0.1) is 0 Å². The van der Waals surface area contributed by atoms with E-state index in [1.54, 1.807) is 12.4 Å². The summed E-state index contributed by atoms with van der Waals surface area (Å²) in [6, 6.07) is 1.82. The van der Waals surface area contributed by atoms with Crippen molar-refractivity contribution in [3.05, 3.63) is 29.0 Å². The van der Waals surface area contributed by atoms with Crippen LogP contribution < -0.4 is 11.1 Å².